The van der Waals surface area contributed by atoms with Crippen molar-refractivity contribution in [1.82, 2.24) is 9.88 Å². The first-order valence-corrected chi connectivity index (χ1v) is 8.72. The summed E-state index contributed by atoms with van der Waals surface area (Å²) in [6, 6.07) is 11.0. The fourth-order valence-electron chi connectivity index (χ4n) is 3.01. The number of hydrogen-bond donors (Lipinski definition) is 1. The van der Waals surface area contributed by atoms with Gasteiger partial charge < -0.3 is 15.4 Å². The fourth-order valence-corrected chi connectivity index (χ4v) is 3.01. The molecule has 136 valence electrons. The van der Waals surface area contributed by atoms with Crippen LogP contribution in [0.15, 0.2) is 42.6 Å². The lowest BCUT2D eigenvalue weighted by Gasteiger charge is -2.33. The van der Waals surface area contributed by atoms with E-state index in [1.807, 2.05) is 36.9 Å². The Kier molecular flexibility index (Phi) is 5.32. The van der Waals surface area contributed by atoms with Gasteiger partial charge in [-0.2, -0.15) is 0 Å². The fraction of sp³-hybridized carbons (Fsp3) is 0.350. The molecule has 26 heavy (non-hydrogen) atoms. The second kappa shape index (κ2) is 7.66. The van der Waals surface area contributed by atoms with E-state index in [-0.39, 0.29) is 17.9 Å². The summed E-state index contributed by atoms with van der Waals surface area (Å²) in [4.78, 5) is 29.9. The van der Waals surface area contributed by atoms with Gasteiger partial charge >= 0.3 is 0 Å². The van der Waals surface area contributed by atoms with Crippen LogP contribution in [0.5, 0.6) is 0 Å². The molecule has 1 atom stereocenters. The maximum Gasteiger partial charge on any atom is 0.248 e. The summed E-state index contributed by atoms with van der Waals surface area (Å²) in [7, 11) is 0. The number of nitrogens with two attached hydrogens (primary N) is 1. The SMILES string of the molecule is CC(C)C(=O)N1CCOC(c2ccc(-c3cccc(C(N)=O)c3)cn2)C1. The van der Waals surface area contributed by atoms with Crippen molar-refractivity contribution in [2.45, 2.75) is 20.0 Å². The molecule has 0 radical (unpaired) electrons. The molecule has 0 spiro atoms. The second-order valence-corrected chi connectivity index (χ2v) is 6.72. The van der Waals surface area contributed by atoms with Crippen LogP contribution in [0.4, 0.5) is 0 Å². The van der Waals surface area contributed by atoms with Gasteiger partial charge in [0.1, 0.15) is 6.10 Å². The standard InChI is InChI=1S/C20H23N3O3/c1-13(2)20(25)23-8-9-26-18(12-23)17-7-6-16(11-22-17)14-4-3-5-15(10-14)19(21)24/h3-7,10-11,13,18H,8-9,12H2,1-2H3,(H2,21,24). The van der Waals surface area contributed by atoms with Crippen LogP contribution in [0.3, 0.4) is 0 Å². The van der Waals surface area contributed by atoms with Gasteiger partial charge in [0.2, 0.25) is 11.8 Å². The Morgan fingerprint density at radius 1 is 1.23 bits per heavy atom. The van der Waals surface area contributed by atoms with Crippen molar-refractivity contribution in [1.29, 1.82) is 0 Å². The van der Waals surface area contributed by atoms with Crippen molar-refractivity contribution < 1.29 is 14.3 Å². The van der Waals surface area contributed by atoms with Gasteiger partial charge in [-0.25, -0.2) is 0 Å². The first-order chi connectivity index (χ1) is 12.5. The van der Waals surface area contributed by atoms with Crippen LogP contribution < -0.4 is 5.73 Å². The lowest BCUT2D eigenvalue weighted by molar-refractivity contribution is -0.142. The number of morpholine rings is 1. The van der Waals surface area contributed by atoms with Crippen LogP contribution in [0.1, 0.15) is 36.0 Å². The molecule has 2 heterocycles. The third-order valence-electron chi connectivity index (χ3n) is 4.47. The highest BCUT2D eigenvalue weighted by atomic mass is 16.5. The highest BCUT2D eigenvalue weighted by Crippen LogP contribution is 2.25. The maximum absolute atomic E-state index is 12.2. The molecule has 0 bridgehead atoms. The minimum absolute atomic E-state index is 0.0263. The molecule has 1 aliphatic heterocycles. The Morgan fingerprint density at radius 2 is 2.04 bits per heavy atom. The molecule has 1 aromatic carbocycles. The molecular formula is C20H23N3O3. The summed E-state index contributed by atoms with van der Waals surface area (Å²) in [6.45, 7) is 5.44. The molecule has 2 aromatic rings. The van der Waals surface area contributed by atoms with Crippen LogP contribution in [-0.2, 0) is 9.53 Å². The minimum Gasteiger partial charge on any atom is -0.368 e. The second-order valence-electron chi connectivity index (χ2n) is 6.72. The van der Waals surface area contributed by atoms with Gasteiger partial charge in [-0.3, -0.25) is 14.6 Å². The summed E-state index contributed by atoms with van der Waals surface area (Å²) in [5, 5.41) is 0. The van der Waals surface area contributed by atoms with Gasteiger partial charge in [-0.15, -0.1) is 0 Å². The number of hydrogen-bond acceptors (Lipinski definition) is 4. The zero-order chi connectivity index (χ0) is 18.7. The van der Waals surface area contributed by atoms with Gasteiger partial charge in [-0.1, -0.05) is 32.0 Å². The molecular weight excluding hydrogens is 330 g/mol. The van der Waals surface area contributed by atoms with Crippen molar-refractivity contribution in [3.05, 3.63) is 53.9 Å². The van der Waals surface area contributed by atoms with Gasteiger partial charge in [0.25, 0.3) is 0 Å². The molecule has 2 N–H and O–H groups in total. The van der Waals surface area contributed by atoms with Crippen molar-refractivity contribution in [3.8, 4) is 11.1 Å². The van der Waals surface area contributed by atoms with E-state index in [0.29, 0.717) is 25.3 Å². The summed E-state index contributed by atoms with van der Waals surface area (Å²) < 4.78 is 5.80. The predicted octanol–water partition coefficient (Wildman–Crippen LogP) is 2.40. The van der Waals surface area contributed by atoms with E-state index in [1.54, 1.807) is 24.4 Å². The highest BCUT2D eigenvalue weighted by Gasteiger charge is 2.27. The molecule has 1 fully saturated rings. The topological polar surface area (TPSA) is 85.5 Å². The molecule has 0 aliphatic carbocycles. The number of ether oxygens (including phenoxy) is 1. The molecule has 6 nitrogen and oxygen atoms in total. The summed E-state index contributed by atoms with van der Waals surface area (Å²) in [6.07, 6.45) is 1.53. The first kappa shape index (κ1) is 18.1. The van der Waals surface area contributed by atoms with Crippen LogP contribution >= 0.6 is 0 Å². The Balaban J connectivity index is 1.76. The first-order valence-electron chi connectivity index (χ1n) is 8.72. The largest absolute Gasteiger partial charge is 0.368 e. The number of carbonyl (C=O) groups is 2. The smallest absolute Gasteiger partial charge is 0.248 e. The van der Waals surface area contributed by atoms with Crippen molar-refractivity contribution in [2.75, 3.05) is 19.7 Å². The van der Waals surface area contributed by atoms with Gasteiger partial charge in [0.15, 0.2) is 0 Å². The Morgan fingerprint density at radius 3 is 2.69 bits per heavy atom. The number of benzene rings is 1. The molecule has 2 amide bonds. The third-order valence-corrected chi connectivity index (χ3v) is 4.47. The van der Waals surface area contributed by atoms with Gasteiger partial charge in [0, 0.05) is 29.8 Å². The Labute approximate surface area is 153 Å². The monoisotopic (exact) mass is 353 g/mol. The molecule has 1 aliphatic rings. The van der Waals surface area contributed by atoms with E-state index in [2.05, 4.69) is 4.98 Å². The van der Waals surface area contributed by atoms with E-state index in [0.717, 1.165) is 16.8 Å². The highest BCUT2D eigenvalue weighted by molar-refractivity contribution is 5.94. The number of carbonyl (C=O) groups excluding carboxylic acids is 2. The zero-order valence-electron chi connectivity index (χ0n) is 15.0. The molecule has 0 saturated carbocycles. The van der Waals surface area contributed by atoms with E-state index in [4.69, 9.17) is 10.5 Å². The van der Waals surface area contributed by atoms with Crippen LogP contribution in [-0.4, -0.2) is 41.4 Å². The van der Waals surface area contributed by atoms with Crippen LogP contribution in [0, 0.1) is 5.92 Å². The van der Waals surface area contributed by atoms with E-state index in [1.165, 1.54) is 0 Å². The Bertz CT molecular complexity index is 802. The van der Waals surface area contributed by atoms with Crippen molar-refractivity contribution >= 4 is 11.8 Å². The van der Waals surface area contributed by atoms with Gasteiger partial charge in [0.05, 0.1) is 18.8 Å². The number of pyridine rings is 1. The van der Waals surface area contributed by atoms with Crippen LogP contribution in [0.25, 0.3) is 11.1 Å². The molecule has 3 rings (SSSR count). The lowest BCUT2D eigenvalue weighted by Crippen LogP contribution is -2.44. The van der Waals surface area contributed by atoms with Crippen molar-refractivity contribution in [3.63, 3.8) is 0 Å². The normalized spacial score (nSPS) is 17.3. The number of aromatic nitrogens is 1. The molecule has 1 unspecified atom stereocenters. The Hall–Kier alpha value is -2.73. The quantitative estimate of drug-likeness (QED) is 0.914. The third kappa shape index (κ3) is 3.91. The summed E-state index contributed by atoms with van der Waals surface area (Å²) >= 11 is 0. The molecule has 6 heteroatoms. The summed E-state index contributed by atoms with van der Waals surface area (Å²) in [5.74, 6) is -0.346. The van der Waals surface area contributed by atoms with E-state index >= 15 is 0 Å². The van der Waals surface area contributed by atoms with Crippen LogP contribution in [0.2, 0.25) is 0 Å². The summed E-state index contributed by atoms with van der Waals surface area (Å²) in [5.41, 5.74) is 8.36. The minimum atomic E-state index is -0.457. The molecule has 1 aromatic heterocycles. The maximum atomic E-state index is 12.2. The average Bonchev–Trinajstić information content (AvgIpc) is 2.67. The number of amides is 2. The van der Waals surface area contributed by atoms with Crippen molar-refractivity contribution in [2.24, 2.45) is 11.7 Å². The lowest BCUT2D eigenvalue weighted by atomic mass is 10.0. The number of primary amides is 1. The van der Waals surface area contributed by atoms with E-state index < -0.39 is 5.91 Å². The molecule has 1 saturated heterocycles. The average molecular weight is 353 g/mol. The van der Waals surface area contributed by atoms with E-state index in [9.17, 15) is 9.59 Å². The van der Waals surface area contributed by atoms with Gasteiger partial charge in [-0.05, 0) is 23.8 Å². The number of rotatable bonds is 4. The number of nitrogens with zero attached hydrogens (tertiary/aromatic N) is 2. The predicted molar refractivity (Wildman–Crippen MR) is 98.3 cm³/mol. The zero-order valence-corrected chi connectivity index (χ0v) is 15.0.